The van der Waals surface area contributed by atoms with Crippen LogP contribution in [0.1, 0.15) is 0 Å². The molecule has 0 saturated carbocycles. The number of non-ortho nitro benzene ring substituents is 1. The van der Waals surface area contributed by atoms with Gasteiger partial charge in [0.2, 0.25) is 0 Å². The largest absolute Gasteiger partial charge is 0.507 e. The number of hydrogen-bond acceptors (Lipinski definition) is 3. The van der Waals surface area contributed by atoms with Crippen LogP contribution in [0.15, 0.2) is 103 Å². The van der Waals surface area contributed by atoms with Gasteiger partial charge in [-0.25, -0.2) is 0 Å². The summed E-state index contributed by atoms with van der Waals surface area (Å²) < 4.78 is 0. The first-order valence-electron chi connectivity index (χ1n) is 9.57. The van der Waals surface area contributed by atoms with Gasteiger partial charge in [-0.15, -0.1) is 0 Å². The van der Waals surface area contributed by atoms with Crippen LogP contribution in [0.4, 0.5) is 5.69 Å². The van der Waals surface area contributed by atoms with Crippen LogP contribution in [0.3, 0.4) is 0 Å². The Bertz CT molecular complexity index is 1150. The van der Waals surface area contributed by atoms with Crippen LogP contribution < -0.4 is 15.9 Å². The lowest BCUT2D eigenvalue weighted by Crippen LogP contribution is -2.31. The fraction of sp³-hybridized carbons (Fsp3) is 0.0400. The first-order valence-corrected chi connectivity index (χ1v) is 11.8. The molecule has 0 unspecified atom stereocenters. The predicted molar refractivity (Wildman–Crippen MR) is 125 cm³/mol. The smallest absolute Gasteiger partial charge is 0.270 e. The van der Waals surface area contributed by atoms with E-state index in [0.29, 0.717) is 5.56 Å². The second-order valence-corrected chi connectivity index (χ2v) is 10.7. The Morgan fingerprint density at radius 3 is 1.83 bits per heavy atom. The number of aromatic hydroxyl groups is 1. The van der Waals surface area contributed by atoms with Crippen molar-refractivity contribution < 1.29 is 10.0 Å². The third-order valence-electron chi connectivity index (χ3n) is 5.41. The highest BCUT2D eigenvalue weighted by Gasteiger charge is 2.42. The van der Waals surface area contributed by atoms with Gasteiger partial charge in [0.25, 0.3) is 5.69 Å². The van der Waals surface area contributed by atoms with Crippen molar-refractivity contribution in [2.75, 3.05) is 6.66 Å². The molecule has 5 heteroatoms. The predicted octanol–water partition coefficient (Wildman–Crippen LogP) is 4.89. The molecule has 30 heavy (non-hydrogen) atoms. The molecule has 4 rings (SSSR count). The maximum Gasteiger partial charge on any atom is 0.270 e. The number of phenolic OH excluding ortho intramolecular Hbond substituents is 1. The number of nitro groups is 1. The minimum absolute atomic E-state index is 0.0284. The number of rotatable bonds is 5. The topological polar surface area (TPSA) is 63.4 Å². The van der Waals surface area contributed by atoms with E-state index in [4.69, 9.17) is 0 Å². The maximum atomic E-state index is 11.4. The molecule has 0 atom stereocenters. The summed E-state index contributed by atoms with van der Waals surface area (Å²) >= 11 is 0. The second kappa shape index (κ2) is 8.10. The van der Waals surface area contributed by atoms with E-state index in [9.17, 15) is 15.2 Å². The molecule has 0 aliphatic rings. The molecule has 4 aromatic carbocycles. The van der Waals surface area contributed by atoms with Crippen molar-refractivity contribution in [2.24, 2.45) is 0 Å². The molecule has 0 amide bonds. The highest BCUT2D eigenvalue weighted by Crippen LogP contribution is 2.54. The minimum Gasteiger partial charge on any atom is -0.507 e. The molecule has 0 fully saturated rings. The van der Waals surface area contributed by atoms with Crippen molar-refractivity contribution in [1.82, 2.24) is 0 Å². The lowest BCUT2D eigenvalue weighted by Gasteiger charge is -2.25. The van der Waals surface area contributed by atoms with Crippen molar-refractivity contribution in [3.05, 3.63) is 113 Å². The van der Waals surface area contributed by atoms with Crippen LogP contribution in [0.25, 0.3) is 11.1 Å². The lowest BCUT2D eigenvalue weighted by atomic mass is 10.0. The van der Waals surface area contributed by atoms with Crippen molar-refractivity contribution in [3.8, 4) is 16.9 Å². The van der Waals surface area contributed by atoms with Gasteiger partial charge in [0, 0.05) is 23.3 Å². The van der Waals surface area contributed by atoms with Crippen molar-refractivity contribution in [2.45, 2.75) is 0 Å². The van der Waals surface area contributed by atoms with Gasteiger partial charge in [-0.1, -0.05) is 54.6 Å². The highest BCUT2D eigenvalue weighted by molar-refractivity contribution is 7.95. The fourth-order valence-corrected chi connectivity index (χ4v) is 7.28. The number of nitro benzene ring substituents is 1. The Labute approximate surface area is 175 Å². The summed E-state index contributed by atoms with van der Waals surface area (Å²) in [5.74, 6) is 0.0284. The molecule has 0 heterocycles. The maximum absolute atomic E-state index is 11.4. The molecule has 4 nitrogen and oxygen atoms in total. The molecule has 0 aromatic heterocycles. The Kier molecular flexibility index (Phi) is 5.35. The van der Waals surface area contributed by atoms with E-state index < -0.39 is 12.2 Å². The molecule has 1 N–H and O–H groups in total. The van der Waals surface area contributed by atoms with E-state index in [1.165, 1.54) is 28.8 Å². The van der Waals surface area contributed by atoms with Gasteiger partial charge in [0.1, 0.15) is 28.9 Å². The minimum atomic E-state index is -2.07. The summed E-state index contributed by atoms with van der Waals surface area (Å²) in [6.45, 7) is 2.25. The van der Waals surface area contributed by atoms with E-state index >= 15 is 0 Å². The molecule has 0 bridgehead atoms. The van der Waals surface area contributed by atoms with Gasteiger partial charge >= 0.3 is 0 Å². The van der Waals surface area contributed by atoms with Gasteiger partial charge in [-0.2, -0.15) is 0 Å². The molecule has 0 radical (unpaired) electrons. The number of phenols is 1. The van der Waals surface area contributed by atoms with Gasteiger partial charge in [-0.3, -0.25) is 10.1 Å². The Morgan fingerprint density at radius 2 is 1.27 bits per heavy atom. The van der Waals surface area contributed by atoms with Crippen LogP contribution in [0.5, 0.6) is 5.75 Å². The number of benzene rings is 4. The van der Waals surface area contributed by atoms with Gasteiger partial charge in [0.05, 0.1) is 11.6 Å². The summed E-state index contributed by atoms with van der Waals surface area (Å²) in [6.07, 6.45) is 0. The zero-order valence-corrected chi connectivity index (χ0v) is 17.4. The molecular formula is C25H21NO3P+. The SMILES string of the molecule is C[P+](c1ccccc1)(c1ccccc1)c1ccccc1-c1cc([N+](=O)[O-])ccc1O. The molecule has 0 aliphatic carbocycles. The van der Waals surface area contributed by atoms with Crippen LogP contribution in [0, 0.1) is 10.1 Å². The van der Waals surface area contributed by atoms with Crippen molar-refractivity contribution in [1.29, 1.82) is 0 Å². The summed E-state index contributed by atoms with van der Waals surface area (Å²) in [5.41, 5.74) is 1.23. The van der Waals surface area contributed by atoms with Gasteiger partial charge in [-0.05, 0) is 36.4 Å². The van der Waals surface area contributed by atoms with Gasteiger partial charge < -0.3 is 5.11 Å². The lowest BCUT2D eigenvalue weighted by molar-refractivity contribution is -0.384. The second-order valence-electron chi connectivity index (χ2n) is 7.15. The zero-order valence-electron chi connectivity index (χ0n) is 16.5. The van der Waals surface area contributed by atoms with E-state index in [0.717, 1.165) is 10.9 Å². The summed E-state index contributed by atoms with van der Waals surface area (Å²) in [6, 6.07) is 32.7. The van der Waals surface area contributed by atoms with E-state index in [-0.39, 0.29) is 11.4 Å². The standard InChI is InChI=1S/C25H20NO3P/c1-30(20-10-4-2-5-11-20,21-12-6-3-7-13-21)25-15-9-8-14-22(25)23-18-19(26(28)29)16-17-24(23)27/h2-18H,1H3/p+1. The zero-order chi connectivity index (χ0) is 21.1. The van der Waals surface area contributed by atoms with Crippen LogP contribution in [-0.4, -0.2) is 16.7 Å². The Morgan fingerprint density at radius 1 is 0.733 bits per heavy atom. The molecule has 148 valence electrons. The molecule has 0 aliphatic heterocycles. The average Bonchev–Trinajstić information content (AvgIpc) is 2.80. The van der Waals surface area contributed by atoms with E-state index in [2.05, 4.69) is 37.0 Å². The molecule has 4 aromatic rings. The molecule has 0 spiro atoms. The first-order chi connectivity index (χ1) is 14.5. The van der Waals surface area contributed by atoms with Gasteiger partial charge in [0.15, 0.2) is 0 Å². The number of nitrogens with zero attached hydrogens (tertiary/aromatic N) is 1. The number of hydrogen-bond donors (Lipinski definition) is 1. The van der Waals surface area contributed by atoms with Crippen LogP contribution >= 0.6 is 7.26 Å². The van der Waals surface area contributed by atoms with Crippen LogP contribution in [-0.2, 0) is 0 Å². The Balaban J connectivity index is 2.03. The highest BCUT2D eigenvalue weighted by atomic mass is 31.2. The molecular weight excluding hydrogens is 393 g/mol. The monoisotopic (exact) mass is 414 g/mol. The summed E-state index contributed by atoms with van der Waals surface area (Å²) in [4.78, 5) is 10.9. The Hall–Kier alpha value is -3.49. The first kappa shape index (κ1) is 19.8. The average molecular weight is 414 g/mol. The van der Waals surface area contributed by atoms with Crippen molar-refractivity contribution >= 4 is 28.9 Å². The summed E-state index contributed by atoms with van der Waals surface area (Å²) in [7, 11) is -2.07. The normalized spacial score (nSPS) is 11.2. The molecule has 0 saturated heterocycles. The van der Waals surface area contributed by atoms with Crippen LogP contribution in [0.2, 0.25) is 0 Å². The summed E-state index contributed by atoms with van der Waals surface area (Å²) in [5, 5.41) is 25.4. The van der Waals surface area contributed by atoms with Crippen molar-refractivity contribution in [3.63, 3.8) is 0 Å². The van der Waals surface area contributed by atoms with E-state index in [1.54, 1.807) is 0 Å². The van der Waals surface area contributed by atoms with E-state index in [1.807, 2.05) is 54.6 Å². The quantitative estimate of drug-likeness (QED) is 0.287. The third-order valence-corrected chi connectivity index (χ3v) is 9.43. The fourth-order valence-electron chi connectivity index (χ4n) is 3.82. The third kappa shape index (κ3) is 3.47.